The van der Waals surface area contributed by atoms with Gasteiger partial charge in [-0.25, -0.2) is 4.79 Å². The van der Waals surface area contributed by atoms with Crippen molar-refractivity contribution in [3.8, 4) is 0 Å². The molecule has 1 aromatic heterocycles. The van der Waals surface area contributed by atoms with Crippen LogP contribution < -0.4 is 10.6 Å². The second-order valence-corrected chi connectivity index (χ2v) is 9.61. The summed E-state index contributed by atoms with van der Waals surface area (Å²) >= 11 is 6.00. The lowest BCUT2D eigenvalue weighted by Crippen LogP contribution is -2.35. The van der Waals surface area contributed by atoms with Gasteiger partial charge in [0, 0.05) is 35.7 Å². The number of H-pyrrole nitrogens is 1. The van der Waals surface area contributed by atoms with Crippen LogP contribution in [-0.4, -0.2) is 35.6 Å². The zero-order valence-corrected chi connectivity index (χ0v) is 21.8. The maximum Gasteiger partial charge on any atom is 0.490 e. The number of nitrogens with one attached hydrogen (secondary N) is 3. The quantitative estimate of drug-likeness (QED) is 0.205. The predicted octanol–water partition coefficient (Wildman–Crippen LogP) is 6.12. The van der Waals surface area contributed by atoms with Gasteiger partial charge in [-0.2, -0.15) is 13.2 Å². The third-order valence-electron chi connectivity index (χ3n) is 6.22. The van der Waals surface area contributed by atoms with Gasteiger partial charge in [0.2, 0.25) is 0 Å². The molecule has 1 amide bonds. The lowest BCUT2D eigenvalue weighted by atomic mass is 10.0. The van der Waals surface area contributed by atoms with Crippen molar-refractivity contribution in [2.75, 3.05) is 6.54 Å². The number of para-hydroxylation sites is 1. The van der Waals surface area contributed by atoms with Gasteiger partial charge in [-0.1, -0.05) is 66.2 Å². The molecule has 0 unspecified atom stereocenters. The van der Waals surface area contributed by atoms with E-state index in [4.69, 9.17) is 16.3 Å². The third-order valence-corrected chi connectivity index (χ3v) is 6.46. The molecule has 0 spiro atoms. The van der Waals surface area contributed by atoms with Gasteiger partial charge in [0.15, 0.2) is 0 Å². The number of benzene rings is 3. The molecule has 0 fully saturated rings. The molecule has 0 saturated carbocycles. The molecule has 2 atom stereocenters. The second kappa shape index (κ2) is 12.4. The standard InChI is InChI=1S/C29H27ClF3N3O3/c1-18(34-17-25(39-28(38)29(31,32)33)20-9-5-10-22(30)14-20)13-21-16-35-26-23(21)11-6-12-24(26)27(37)36-15-19-7-3-2-4-8-19/h2-12,14,16,18,25,34-35H,13,15,17H2,1H3,(H,36,37)/t18-,25-/m1/s1. The molecule has 1 heterocycles. The smallest absolute Gasteiger partial charge is 0.449 e. The SMILES string of the molecule is C[C@H](Cc1c[nH]c2c(C(=O)NCc3ccccc3)cccc12)NC[C@@H](OC(=O)C(F)(F)F)c1cccc(Cl)c1. The molecule has 4 aromatic rings. The lowest BCUT2D eigenvalue weighted by Gasteiger charge is -2.22. The van der Waals surface area contributed by atoms with Crippen molar-refractivity contribution >= 4 is 34.4 Å². The zero-order chi connectivity index (χ0) is 28.0. The molecule has 0 radical (unpaired) electrons. The van der Waals surface area contributed by atoms with Crippen LogP contribution in [0.3, 0.4) is 0 Å². The van der Waals surface area contributed by atoms with E-state index in [1.807, 2.05) is 49.5 Å². The monoisotopic (exact) mass is 557 g/mol. The highest BCUT2D eigenvalue weighted by Gasteiger charge is 2.42. The topological polar surface area (TPSA) is 83.2 Å². The summed E-state index contributed by atoms with van der Waals surface area (Å²) in [6, 6.07) is 21.0. The van der Waals surface area contributed by atoms with Crippen LogP contribution in [0.4, 0.5) is 13.2 Å². The second-order valence-electron chi connectivity index (χ2n) is 9.17. The molecule has 3 N–H and O–H groups in total. The Morgan fingerprint density at radius 3 is 2.49 bits per heavy atom. The highest BCUT2D eigenvalue weighted by Crippen LogP contribution is 2.26. The maximum absolute atomic E-state index is 12.9. The van der Waals surface area contributed by atoms with Crippen molar-refractivity contribution in [1.29, 1.82) is 0 Å². The van der Waals surface area contributed by atoms with Gasteiger partial charge in [-0.05, 0) is 48.2 Å². The van der Waals surface area contributed by atoms with E-state index < -0.39 is 18.2 Å². The first kappa shape index (κ1) is 28.2. The summed E-state index contributed by atoms with van der Waals surface area (Å²) in [7, 11) is 0. The number of fused-ring (bicyclic) bond motifs is 1. The van der Waals surface area contributed by atoms with Crippen LogP contribution in [0, 0.1) is 0 Å². The molecular formula is C29H27ClF3N3O3. The van der Waals surface area contributed by atoms with Gasteiger partial charge in [0.1, 0.15) is 6.10 Å². The maximum atomic E-state index is 12.9. The summed E-state index contributed by atoms with van der Waals surface area (Å²) in [6.45, 7) is 2.21. The number of hydrogen-bond acceptors (Lipinski definition) is 4. The van der Waals surface area contributed by atoms with E-state index in [9.17, 15) is 22.8 Å². The van der Waals surface area contributed by atoms with Gasteiger partial charge in [-0.3, -0.25) is 4.79 Å². The molecule has 4 rings (SSSR count). The molecule has 6 nitrogen and oxygen atoms in total. The van der Waals surface area contributed by atoms with Crippen LogP contribution in [0.5, 0.6) is 0 Å². The highest BCUT2D eigenvalue weighted by atomic mass is 35.5. The zero-order valence-electron chi connectivity index (χ0n) is 21.0. The number of rotatable bonds is 10. The van der Waals surface area contributed by atoms with E-state index in [-0.39, 0.29) is 18.5 Å². The predicted molar refractivity (Wildman–Crippen MR) is 143 cm³/mol. The van der Waals surface area contributed by atoms with Crippen LogP contribution in [0.2, 0.25) is 5.02 Å². The Morgan fingerprint density at radius 1 is 1.03 bits per heavy atom. The summed E-state index contributed by atoms with van der Waals surface area (Å²) < 4.78 is 43.4. The van der Waals surface area contributed by atoms with Crippen molar-refractivity contribution < 1.29 is 27.5 Å². The molecule has 0 saturated heterocycles. The van der Waals surface area contributed by atoms with Gasteiger partial charge in [0.05, 0.1) is 11.1 Å². The molecule has 10 heteroatoms. The van der Waals surface area contributed by atoms with Crippen LogP contribution >= 0.6 is 11.6 Å². The number of halogens is 4. The fourth-order valence-electron chi connectivity index (χ4n) is 4.28. The van der Waals surface area contributed by atoms with E-state index in [1.54, 1.807) is 30.3 Å². The lowest BCUT2D eigenvalue weighted by molar-refractivity contribution is -0.205. The molecule has 0 aliphatic heterocycles. The minimum Gasteiger partial charge on any atom is -0.449 e. The molecule has 0 bridgehead atoms. The van der Waals surface area contributed by atoms with Crippen molar-refractivity contribution in [2.45, 2.75) is 38.2 Å². The number of hydrogen-bond donors (Lipinski definition) is 3. The molecule has 3 aromatic carbocycles. The largest absolute Gasteiger partial charge is 0.490 e. The fraction of sp³-hybridized carbons (Fsp3) is 0.241. The average molecular weight is 558 g/mol. The van der Waals surface area contributed by atoms with Crippen LogP contribution in [-0.2, 0) is 22.5 Å². The molecule has 39 heavy (non-hydrogen) atoms. The summed E-state index contributed by atoms with van der Waals surface area (Å²) in [5, 5.41) is 7.27. The Bertz CT molecular complexity index is 1440. The van der Waals surface area contributed by atoms with Crippen molar-refractivity contribution in [3.63, 3.8) is 0 Å². The Balaban J connectivity index is 1.43. The normalized spacial score (nSPS) is 13.2. The van der Waals surface area contributed by atoms with E-state index in [1.165, 1.54) is 6.07 Å². The van der Waals surface area contributed by atoms with E-state index in [0.29, 0.717) is 34.6 Å². The van der Waals surface area contributed by atoms with Gasteiger partial charge in [-0.15, -0.1) is 0 Å². The van der Waals surface area contributed by atoms with Crippen molar-refractivity contribution in [1.82, 2.24) is 15.6 Å². The first-order valence-corrected chi connectivity index (χ1v) is 12.7. The molecule has 204 valence electrons. The first-order chi connectivity index (χ1) is 18.6. The molecular weight excluding hydrogens is 531 g/mol. The van der Waals surface area contributed by atoms with Crippen molar-refractivity contribution in [3.05, 3.63) is 106 Å². The van der Waals surface area contributed by atoms with E-state index in [0.717, 1.165) is 16.5 Å². The number of alkyl halides is 3. The Kier molecular flexibility index (Phi) is 8.93. The number of amides is 1. The Morgan fingerprint density at radius 2 is 1.77 bits per heavy atom. The number of aromatic nitrogens is 1. The summed E-state index contributed by atoms with van der Waals surface area (Å²) in [5.41, 5.74) is 3.46. The number of carbonyl (C=O) groups is 2. The minimum atomic E-state index is -5.11. The Labute approximate surface area is 228 Å². The minimum absolute atomic E-state index is 0.0567. The fourth-order valence-corrected chi connectivity index (χ4v) is 4.48. The summed E-state index contributed by atoms with van der Waals surface area (Å²) in [6.07, 6.45) is -3.99. The van der Waals surface area contributed by atoms with E-state index in [2.05, 4.69) is 15.6 Å². The Hall–Kier alpha value is -3.82. The average Bonchev–Trinajstić information content (AvgIpc) is 3.32. The molecule has 0 aliphatic carbocycles. The first-order valence-electron chi connectivity index (χ1n) is 12.3. The number of esters is 1. The van der Waals surface area contributed by atoms with Crippen LogP contribution in [0.1, 0.15) is 40.1 Å². The number of carbonyl (C=O) groups excluding carboxylic acids is 2. The van der Waals surface area contributed by atoms with Crippen molar-refractivity contribution in [2.24, 2.45) is 0 Å². The van der Waals surface area contributed by atoms with E-state index >= 15 is 0 Å². The number of aromatic amines is 1. The molecule has 0 aliphatic rings. The number of ether oxygens (including phenoxy) is 1. The van der Waals surface area contributed by atoms with Gasteiger partial charge >= 0.3 is 12.1 Å². The van der Waals surface area contributed by atoms with Gasteiger partial charge < -0.3 is 20.4 Å². The summed E-state index contributed by atoms with van der Waals surface area (Å²) in [5.74, 6) is -2.48. The van der Waals surface area contributed by atoms with Crippen LogP contribution in [0.15, 0.2) is 79.0 Å². The summed E-state index contributed by atoms with van der Waals surface area (Å²) in [4.78, 5) is 27.6. The third kappa shape index (κ3) is 7.40. The van der Waals surface area contributed by atoms with Gasteiger partial charge in [0.25, 0.3) is 5.91 Å². The highest BCUT2D eigenvalue weighted by molar-refractivity contribution is 6.30. The van der Waals surface area contributed by atoms with Crippen LogP contribution in [0.25, 0.3) is 10.9 Å².